The third-order valence-corrected chi connectivity index (χ3v) is 2.10. The van der Waals surface area contributed by atoms with Gasteiger partial charge >= 0.3 is 17.9 Å². The Balaban J connectivity index is 2.26. The van der Waals surface area contributed by atoms with Crippen LogP contribution < -0.4 is 0 Å². The fourth-order valence-corrected chi connectivity index (χ4v) is 1.23. The Morgan fingerprint density at radius 2 is 2.31 bits per heavy atom. The first-order chi connectivity index (χ1) is 7.63. The van der Waals surface area contributed by atoms with Crippen LogP contribution >= 0.6 is 0 Å². The maximum Gasteiger partial charge on any atom is 0.330 e. The Hall–Kier alpha value is -1.65. The maximum absolute atomic E-state index is 11.1. The molecule has 1 aliphatic rings. The number of hydrogen-bond donors (Lipinski definition) is 0. The van der Waals surface area contributed by atoms with Gasteiger partial charge in [0.1, 0.15) is 12.5 Å². The van der Waals surface area contributed by atoms with Gasteiger partial charge in [0.05, 0.1) is 6.42 Å². The fourth-order valence-electron chi connectivity index (χ4n) is 1.23. The molecule has 5 nitrogen and oxygen atoms in total. The molecule has 5 heteroatoms. The SMILES string of the molecule is CCC/C=C/C(=O)OCC1CC(=O)OC1=O. The number of allylic oxidation sites excluding steroid dienone is 1. The number of carbonyl (C=O) groups is 3. The van der Waals surface area contributed by atoms with Crippen molar-refractivity contribution in [2.45, 2.75) is 26.2 Å². The molecule has 0 radical (unpaired) electrons. The average molecular weight is 226 g/mol. The van der Waals surface area contributed by atoms with Gasteiger partial charge in [0.25, 0.3) is 0 Å². The zero-order valence-electron chi connectivity index (χ0n) is 9.10. The van der Waals surface area contributed by atoms with E-state index in [0.717, 1.165) is 12.8 Å². The molecular formula is C11H14O5. The van der Waals surface area contributed by atoms with Crippen molar-refractivity contribution in [3.8, 4) is 0 Å². The van der Waals surface area contributed by atoms with Crippen LogP contribution in [0.5, 0.6) is 0 Å². The molecule has 0 spiro atoms. The van der Waals surface area contributed by atoms with E-state index in [0.29, 0.717) is 0 Å². The summed E-state index contributed by atoms with van der Waals surface area (Å²) in [6, 6.07) is 0. The third-order valence-electron chi connectivity index (χ3n) is 2.10. The molecule has 1 atom stereocenters. The van der Waals surface area contributed by atoms with Crippen molar-refractivity contribution >= 4 is 17.9 Å². The second-order valence-electron chi connectivity index (χ2n) is 3.52. The Morgan fingerprint density at radius 3 is 2.88 bits per heavy atom. The summed E-state index contributed by atoms with van der Waals surface area (Å²) in [5, 5.41) is 0. The third kappa shape index (κ3) is 3.84. The van der Waals surface area contributed by atoms with Gasteiger partial charge in [-0.25, -0.2) is 4.79 Å². The normalized spacial score (nSPS) is 20.2. The van der Waals surface area contributed by atoms with Crippen molar-refractivity contribution in [2.24, 2.45) is 5.92 Å². The minimum atomic E-state index is -0.643. The molecule has 88 valence electrons. The zero-order chi connectivity index (χ0) is 12.0. The molecule has 0 aromatic heterocycles. The minimum absolute atomic E-state index is 0.00914. The molecule has 1 aliphatic heterocycles. The number of esters is 3. The monoisotopic (exact) mass is 226 g/mol. The predicted molar refractivity (Wildman–Crippen MR) is 54.2 cm³/mol. The van der Waals surface area contributed by atoms with Gasteiger partial charge in [0.15, 0.2) is 0 Å². The van der Waals surface area contributed by atoms with E-state index in [1.54, 1.807) is 6.08 Å². The molecule has 16 heavy (non-hydrogen) atoms. The summed E-state index contributed by atoms with van der Waals surface area (Å²) in [7, 11) is 0. The lowest BCUT2D eigenvalue weighted by atomic mass is 10.1. The van der Waals surface area contributed by atoms with Crippen LogP contribution in [0.1, 0.15) is 26.2 Å². The highest BCUT2D eigenvalue weighted by Gasteiger charge is 2.34. The van der Waals surface area contributed by atoms with Crippen LogP contribution in [0.2, 0.25) is 0 Å². The summed E-state index contributed by atoms with van der Waals surface area (Å²) < 4.78 is 9.13. The van der Waals surface area contributed by atoms with E-state index in [1.807, 2.05) is 6.92 Å². The standard InChI is InChI=1S/C11H14O5/c1-2-3-4-5-9(12)15-7-8-6-10(13)16-11(8)14/h4-5,8H,2-3,6-7H2,1H3/b5-4+. The van der Waals surface area contributed by atoms with Crippen molar-refractivity contribution in [1.82, 2.24) is 0 Å². The average Bonchev–Trinajstić information content (AvgIpc) is 2.55. The second-order valence-corrected chi connectivity index (χ2v) is 3.52. The minimum Gasteiger partial charge on any atom is -0.462 e. The first-order valence-corrected chi connectivity index (χ1v) is 5.21. The summed E-state index contributed by atoms with van der Waals surface area (Å²) >= 11 is 0. The maximum atomic E-state index is 11.1. The summed E-state index contributed by atoms with van der Waals surface area (Å²) in [4.78, 5) is 32.8. The highest BCUT2D eigenvalue weighted by molar-refractivity contribution is 5.94. The molecule has 1 unspecified atom stereocenters. The van der Waals surface area contributed by atoms with Crippen LogP contribution in [-0.2, 0) is 23.9 Å². The molecule has 1 rings (SSSR count). The molecule has 0 aliphatic carbocycles. The fraction of sp³-hybridized carbons (Fsp3) is 0.545. The number of carbonyl (C=O) groups excluding carboxylic acids is 3. The lowest BCUT2D eigenvalue weighted by molar-refractivity contribution is -0.153. The number of hydrogen-bond acceptors (Lipinski definition) is 5. The molecule has 0 amide bonds. The first-order valence-electron chi connectivity index (χ1n) is 5.21. The van der Waals surface area contributed by atoms with Gasteiger partial charge in [-0.1, -0.05) is 19.4 Å². The van der Waals surface area contributed by atoms with Gasteiger partial charge in [-0.3, -0.25) is 9.59 Å². The van der Waals surface area contributed by atoms with Crippen molar-refractivity contribution in [2.75, 3.05) is 6.61 Å². The number of cyclic esters (lactones) is 2. The first kappa shape index (κ1) is 12.4. The predicted octanol–water partition coefficient (Wildman–Crippen LogP) is 0.976. The van der Waals surface area contributed by atoms with Gasteiger partial charge in [-0.2, -0.15) is 0 Å². The zero-order valence-corrected chi connectivity index (χ0v) is 9.10. The van der Waals surface area contributed by atoms with Gasteiger partial charge in [0, 0.05) is 6.08 Å². The molecule has 0 aromatic rings. The van der Waals surface area contributed by atoms with Crippen LogP contribution in [0.15, 0.2) is 12.2 Å². The van der Waals surface area contributed by atoms with Gasteiger partial charge in [-0.05, 0) is 6.42 Å². The number of rotatable bonds is 5. The molecule has 0 aromatic carbocycles. The Kier molecular flexibility index (Phi) is 4.69. The van der Waals surface area contributed by atoms with E-state index in [1.165, 1.54) is 6.08 Å². The van der Waals surface area contributed by atoms with Crippen LogP contribution in [0, 0.1) is 5.92 Å². The summed E-state index contributed by atoms with van der Waals surface area (Å²) in [6.45, 7) is 1.90. The van der Waals surface area contributed by atoms with Crippen LogP contribution in [0.25, 0.3) is 0 Å². The topological polar surface area (TPSA) is 69.7 Å². The molecule has 0 N–H and O–H groups in total. The van der Waals surface area contributed by atoms with E-state index in [9.17, 15) is 14.4 Å². The Bertz CT molecular complexity index is 318. The highest BCUT2D eigenvalue weighted by Crippen LogP contribution is 2.15. The van der Waals surface area contributed by atoms with Crippen molar-refractivity contribution in [1.29, 1.82) is 0 Å². The molecule has 0 saturated carbocycles. The van der Waals surface area contributed by atoms with E-state index < -0.39 is 23.8 Å². The summed E-state index contributed by atoms with van der Waals surface area (Å²) in [6.07, 6.45) is 4.78. The summed E-state index contributed by atoms with van der Waals surface area (Å²) in [5.74, 6) is -2.32. The summed E-state index contributed by atoms with van der Waals surface area (Å²) in [5.41, 5.74) is 0. The smallest absolute Gasteiger partial charge is 0.330 e. The van der Waals surface area contributed by atoms with Crippen LogP contribution in [0.4, 0.5) is 0 Å². The van der Waals surface area contributed by atoms with E-state index in [2.05, 4.69) is 4.74 Å². The van der Waals surface area contributed by atoms with Crippen molar-refractivity contribution < 1.29 is 23.9 Å². The van der Waals surface area contributed by atoms with Gasteiger partial charge in [0.2, 0.25) is 0 Å². The highest BCUT2D eigenvalue weighted by atomic mass is 16.6. The molecule has 0 bridgehead atoms. The number of unbranched alkanes of at least 4 members (excludes halogenated alkanes) is 1. The van der Waals surface area contributed by atoms with E-state index in [-0.39, 0.29) is 13.0 Å². The van der Waals surface area contributed by atoms with Crippen LogP contribution in [0.3, 0.4) is 0 Å². The molecule has 1 fully saturated rings. The van der Waals surface area contributed by atoms with Gasteiger partial charge < -0.3 is 9.47 Å². The lowest BCUT2D eigenvalue weighted by Crippen LogP contribution is -2.16. The quantitative estimate of drug-likeness (QED) is 0.397. The lowest BCUT2D eigenvalue weighted by Gasteiger charge is -2.03. The van der Waals surface area contributed by atoms with E-state index in [4.69, 9.17) is 4.74 Å². The number of ether oxygens (including phenoxy) is 2. The molecular weight excluding hydrogens is 212 g/mol. The van der Waals surface area contributed by atoms with Gasteiger partial charge in [-0.15, -0.1) is 0 Å². The largest absolute Gasteiger partial charge is 0.462 e. The molecule has 1 saturated heterocycles. The van der Waals surface area contributed by atoms with E-state index >= 15 is 0 Å². The second kappa shape index (κ2) is 6.05. The molecule has 1 heterocycles. The van der Waals surface area contributed by atoms with Crippen molar-refractivity contribution in [3.05, 3.63) is 12.2 Å². The van der Waals surface area contributed by atoms with Crippen molar-refractivity contribution in [3.63, 3.8) is 0 Å². The van der Waals surface area contributed by atoms with Crippen LogP contribution in [-0.4, -0.2) is 24.5 Å². The Labute approximate surface area is 93.4 Å². The Morgan fingerprint density at radius 1 is 1.56 bits per heavy atom.